The van der Waals surface area contributed by atoms with Gasteiger partial charge in [-0.05, 0) is 25.0 Å². The van der Waals surface area contributed by atoms with Gasteiger partial charge in [0.15, 0.2) is 0 Å². The first-order valence-electron chi connectivity index (χ1n) is 7.00. The molecule has 1 aromatic carbocycles. The molecule has 1 atom stereocenters. The molecule has 110 valence electrons. The van der Waals surface area contributed by atoms with E-state index in [9.17, 15) is 5.11 Å². The van der Waals surface area contributed by atoms with Crippen molar-refractivity contribution in [2.24, 2.45) is 0 Å². The van der Waals surface area contributed by atoms with Crippen LogP contribution in [0.4, 0.5) is 5.69 Å². The third kappa shape index (κ3) is 7.12. The van der Waals surface area contributed by atoms with E-state index < -0.39 is 0 Å². The van der Waals surface area contributed by atoms with Crippen molar-refractivity contribution in [1.82, 2.24) is 0 Å². The highest BCUT2D eigenvalue weighted by Gasteiger charge is 2.06. The van der Waals surface area contributed by atoms with Crippen LogP contribution in [-0.2, 0) is 4.74 Å². The second kappa shape index (κ2) is 10.2. The van der Waals surface area contributed by atoms with E-state index in [1.807, 2.05) is 49.5 Å². The molecule has 1 rings (SSSR count). The minimum absolute atomic E-state index is 0.306. The molecule has 0 bridgehead atoms. The fraction of sp³-hybridized carbons (Fsp3) is 0.412. The lowest BCUT2D eigenvalue weighted by molar-refractivity contribution is 0.105. The highest BCUT2D eigenvalue weighted by molar-refractivity contribution is 5.43. The highest BCUT2D eigenvalue weighted by atomic mass is 16.5. The molecular formula is C17H25NO2. The molecule has 0 spiro atoms. The maximum Gasteiger partial charge on any atom is 0.0579 e. The standard InChI is InChI=1S/C17H25NO2/c1-18(14-12-17(19)13-15-20-2)16-10-8-6-4-3-5-7-9-11-16/h3-11,17,19H,12-15H2,1-2H3. The topological polar surface area (TPSA) is 32.7 Å². The Balaban J connectivity index is 2.60. The number of hydrogen-bond acceptors (Lipinski definition) is 3. The Morgan fingerprint density at radius 3 is 2.10 bits per heavy atom. The average Bonchev–Trinajstić information content (AvgIpc) is 2.48. The average molecular weight is 275 g/mol. The molecule has 1 unspecified atom stereocenters. The second-order valence-electron chi connectivity index (χ2n) is 4.75. The number of methoxy groups -OCH3 is 1. The normalized spacial score (nSPS) is 11.6. The van der Waals surface area contributed by atoms with E-state index in [1.165, 1.54) is 0 Å². The van der Waals surface area contributed by atoms with E-state index in [0.29, 0.717) is 13.0 Å². The smallest absolute Gasteiger partial charge is 0.0579 e. The summed E-state index contributed by atoms with van der Waals surface area (Å²) in [5.41, 5.74) is 1.13. The van der Waals surface area contributed by atoms with Gasteiger partial charge in [-0.25, -0.2) is 0 Å². The Bertz CT molecular complexity index is 397. The van der Waals surface area contributed by atoms with Crippen molar-refractivity contribution in [3.05, 3.63) is 54.6 Å². The highest BCUT2D eigenvalue weighted by Crippen LogP contribution is 2.10. The molecule has 0 heterocycles. The summed E-state index contributed by atoms with van der Waals surface area (Å²) in [6.45, 7) is 1.42. The summed E-state index contributed by atoms with van der Waals surface area (Å²) in [5.74, 6) is 0. The summed E-state index contributed by atoms with van der Waals surface area (Å²) < 4.78 is 4.97. The minimum atomic E-state index is -0.306. The molecule has 1 aromatic rings. The van der Waals surface area contributed by atoms with Crippen LogP contribution in [0.15, 0.2) is 54.6 Å². The third-order valence-corrected chi connectivity index (χ3v) is 3.09. The van der Waals surface area contributed by atoms with Crippen LogP contribution in [-0.4, -0.2) is 38.5 Å². The molecule has 20 heavy (non-hydrogen) atoms. The molecular weight excluding hydrogens is 250 g/mol. The van der Waals surface area contributed by atoms with Gasteiger partial charge >= 0.3 is 0 Å². The summed E-state index contributed by atoms with van der Waals surface area (Å²) in [7, 11) is 3.70. The fourth-order valence-electron chi connectivity index (χ4n) is 1.81. The molecule has 1 N–H and O–H groups in total. The predicted octanol–water partition coefficient (Wildman–Crippen LogP) is 3.03. The van der Waals surface area contributed by atoms with Crippen molar-refractivity contribution >= 4 is 5.69 Å². The Morgan fingerprint density at radius 1 is 1.00 bits per heavy atom. The van der Waals surface area contributed by atoms with E-state index in [4.69, 9.17) is 4.74 Å². The lowest BCUT2D eigenvalue weighted by Crippen LogP contribution is -2.23. The molecule has 0 radical (unpaired) electrons. The van der Waals surface area contributed by atoms with Gasteiger partial charge < -0.3 is 14.7 Å². The van der Waals surface area contributed by atoms with Gasteiger partial charge in [0.25, 0.3) is 0 Å². The number of hydrogen-bond donors (Lipinski definition) is 1. The van der Waals surface area contributed by atoms with Gasteiger partial charge in [-0.1, -0.05) is 42.5 Å². The van der Waals surface area contributed by atoms with E-state index >= 15 is 0 Å². The van der Waals surface area contributed by atoms with Crippen molar-refractivity contribution < 1.29 is 9.84 Å². The van der Waals surface area contributed by atoms with Crippen LogP contribution in [0, 0.1) is 0 Å². The van der Waals surface area contributed by atoms with Gasteiger partial charge in [0, 0.05) is 33.0 Å². The molecule has 0 saturated carbocycles. The van der Waals surface area contributed by atoms with Gasteiger partial charge in [-0.3, -0.25) is 0 Å². The van der Waals surface area contributed by atoms with Crippen LogP contribution in [0.1, 0.15) is 12.8 Å². The van der Waals surface area contributed by atoms with Crippen molar-refractivity contribution in [1.29, 1.82) is 0 Å². The molecule has 0 aliphatic carbocycles. The molecule has 0 amide bonds. The molecule has 0 aromatic heterocycles. The Morgan fingerprint density at radius 2 is 1.55 bits per heavy atom. The number of rotatable bonds is 7. The number of nitrogens with zero attached hydrogens (tertiary/aromatic N) is 1. The Labute approximate surface area is 122 Å². The molecule has 0 fully saturated rings. The van der Waals surface area contributed by atoms with Crippen LogP contribution >= 0.6 is 0 Å². The number of aliphatic hydroxyl groups excluding tert-OH is 1. The number of aliphatic hydroxyl groups is 1. The van der Waals surface area contributed by atoms with Crippen molar-refractivity contribution in [3.8, 4) is 0 Å². The molecule has 0 saturated heterocycles. The molecule has 3 nitrogen and oxygen atoms in total. The largest absolute Gasteiger partial charge is 0.393 e. The lowest BCUT2D eigenvalue weighted by atomic mass is 10.2. The van der Waals surface area contributed by atoms with Crippen LogP contribution < -0.4 is 4.90 Å². The zero-order valence-electron chi connectivity index (χ0n) is 12.4. The first-order chi connectivity index (χ1) is 9.74. The van der Waals surface area contributed by atoms with Gasteiger partial charge in [0.2, 0.25) is 0 Å². The Kier molecular flexibility index (Phi) is 8.43. The first kappa shape index (κ1) is 16.5. The molecule has 0 aliphatic rings. The summed E-state index contributed by atoms with van der Waals surface area (Å²) in [5, 5.41) is 9.83. The van der Waals surface area contributed by atoms with Crippen molar-refractivity contribution in [2.45, 2.75) is 18.9 Å². The minimum Gasteiger partial charge on any atom is -0.393 e. The van der Waals surface area contributed by atoms with E-state index in [2.05, 4.69) is 17.0 Å². The van der Waals surface area contributed by atoms with Crippen molar-refractivity contribution in [3.63, 3.8) is 0 Å². The van der Waals surface area contributed by atoms with E-state index in [-0.39, 0.29) is 6.10 Å². The van der Waals surface area contributed by atoms with Gasteiger partial charge in [-0.15, -0.1) is 0 Å². The summed E-state index contributed by atoms with van der Waals surface area (Å²) in [6.07, 6.45) is 1.12. The lowest BCUT2D eigenvalue weighted by Gasteiger charge is -2.20. The van der Waals surface area contributed by atoms with Gasteiger partial charge in [0.05, 0.1) is 6.10 Å². The van der Waals surface area contributed by atoms with Crippen LogP contribution in [0.3, 0.4) is 0 Å². The summed E-state index contributed by atoms with van der Waals surface area (Å²) in [6, 6.07) is 18.2. The molecule has 3 heteroatoms. The van der Waals surface area contributed by atoms with Gasteiger partial charge in [0.1, 0.15) is 0 Å². The SMILES string of the molecule is COCCC(O)CCN(C)c1ccccccccc1. The monoisotopic (exact) mass is 275 g/mol. The number of ether oxygens (including phenoxy) is 1. The summed E-state index contributed by atoms with van der Waals surface area (Å²) >= 11 is 0. The van der Waals surface area contributed by atoms with E-state index in [1.54, 1.807) is 7.11 Å². The fourth-order valence-corrected chi connectivity index (χ4v) is 1.81. The zero-order chi connectivity index (χ0) is 14.6. The Hall–Kier alpha value is -1.58. The number of anilines is 1. The third-order valence-electron chi connectivity index (χ3n) is 3.09. The van der Waals surface area contributed by atoms with Crippen LogP contribution in [0.25, 0.3) is 0 Å². The van der Waals surface area contributed by atoms with Crippen molar-refractivity contribution in [2.75, 3.05) is 32.2 Å². The quantitative estimate of drug-likeness (QED) is 0.830. The zero-order valence-corrected chi connectivity index (χ0v) is 12.4. The van der Waals surface area contributed by atoms with Gasteiger partial charge in [-0.2, -0.15) is 0 Å². The first-order valence-corrected chi connectivity index (χ1v) is 7.00. The van der Waals surface area contributed by atoms with Crippen LogP contribution in [0.5, 0.6) is 0 Å². The van der Waals surface area contributed by atoms with Crippen LogP contribution in [0.2, 0.25) is 0 Å². The van der Waals surface area contributed by atoms with E-state index in [0.717, 1.165) is 18.7 Å². The molecule has 0 aliphatic heterocycles. The second-order valence-corrected chi connectivity index (χ2v) is 4.75. The summed E-state index contributed by atoms with van der Waals surface area (Å²) in [4.78, 5) is 2.15. The predicted molar refractivity (Wildman–Crippen MR) is 84.5 cm³/mol. The maximum atomic E-state index is 9.83. The maximum absolute atomic E-state index is 9.83.